The van der Waals surface area contributed by atoms with Gasteiger partial charge in [-0.15, -0.1) is 20.2 Å². The number of halogens is 1. The van der Waals surface area contributed by atoms with Crippen LogP contribution in [-0.2, 0) is 14.5 Å². The predicted octanol–water partition coefficient (Wildman–Crippen LogP) is 3.64. The summed E-state index contributed by atoms with van der Waals surface area (Å²) in [5.74, 6) is -2.95. The summed E-state index contributed by atoms with van der Waals surface area (Å²) in [5, 5.41) is 30.0. The summed E-state index contributed by atoms with van der Waals surface area (Å²) in [4.78, 5) is 55.9. The highest BCUT2D eigenvalue weighted by molar-refractivity contribution is 6.30. The van der Waals surface area contributed by atoms with Crippen molar-refractivity contribution in [2.24, 2.45) is 0 Å². The summed E-state index contributed by atoms with van der Waals surface area (Å²) in [5.41, 5.74) is 1.06. The number of rotatable bonds is 11. The van der Waals surface area contributed by atoms with Gasteiger partial charge in [0.2, 0.25) is 0 Å². The van der Waals surface area contributed by atoms with Crippen molar-refractivity contribution in [2.45, 2.75) is 25.4 Å². The second-order valence-electron chi connectivity index (χ2n) is 7.63. The van der Waals surface area contributed by atoms with Crippen molar-refractivity contribution in [3.63, 3.8) is 0 Å². The maximum absolute atomic E-state index is 13.4. The minimum atomic E-state index is -1.58. The molecule has 0 aliphatic rings. The fraction of sp³-hybridized carbons (Fsp3) is 0.273. The van der Waals surface area contributed by atoms with Gasteiger partial charge in [0.05, 0.1) is 18.5 Å². The van der Waals surface area contributed by atoms with Gasteiger partial charge in [-0.1, -0.05) is 11.6 Å². The number of nitrogens with zero attached hydrogens (tertiary/aromatic N) is 3. The molecule has 0 radical (unpaired) electrons. The molecular formula is C22H20ClN3O10. The zero-order chi connectivity index (χ0) is 26.6. The van der Waals surface area contributed by atoms with Crippen molar-refractivity contribution in [3.05, 3.63) is 84.5 Å². The first-order valence-electron chi connectivity index (χ1n) is 10.3. The van der Waals surface area contributed by atoms with Gasteiger partial charge in [0, 0.05) is 21.7 Å². The number of methoxy groups -OCH3 is 1. The van der Waals surface area contributed by atoms with E-state index in [1.165, 1.54) is 48.9 Å². The summed E-state index contributed by atoms with van der Waals surface area (Å²) < 4.78 is 6.58. The second kappa shape index (κ2) is 10.9. The molecule has 3 rings (SSSR count). The SMILES string of the molecule is COc1ccc2c(c1)c([C@@H](CC(CO[N+](=O)[O-])O[N+](=O)[O-])C(=O)O)c(C)n2C(=O)c1ccc(Cl)cc1. The quantitative estimate of drug-likeness (QED) is 0.289. The molecule has 0 saturated carbocycles. The summed E-state index contributed by atoms with van der Waals surface area (Å²) in [7, 11) is 1.41. The first-order valence-corrected chi connectivity index (χ1v) is 10.7. The Kier molecular flexibility index (Phi) is 7.94. The van der Waals surface area contributed by atoms with Crippen molar-refractivity contribution in [1.82, 2.24) is 4.57 Å². The zero-order valence-corrected chi connectivity index (χ0v) is 19.7. The lowest BCUT2D eigenvalue weighted by Gasteiger charge is -2.19. The lowest BCUT2D eigenvalue weighted by molar-refractivity contribution is -0.790. The number of fused-ring (bicyclic) bond motifs is 1. The largest absolute Gasteiger partial charge is 0.497 e. The highest BCUT2D eigenvalue weighted by Gasteiger charge is 2.33. The number of hydrogen-bond acceptors (Lipinski definition) is 9. The highest BCUT2D eigenvalue weighted by Crippen LogP contribution is 2.37. The van der Waals surface area contributed by atoms with E-state index in [1.807, 2.05) is 0 Å². The standard InChI is InChI=1S/C22H20ClN3O10/c1-12-20(18(22(28)29)10-16(36-26(32)33)11-35-25(30)31)17-9-15(34-2)7-8-19(17)24(12)21(27)13-3-5-14(23)6-4-13/h3-9,16,18H,10-11H2,1-2H3,(H,28,29)/t16?,18-/m1/s1. The molecule has 190 valence electrons. The van der Waals surface area contributed by atoms with Crippen LogP contribution in [0.15, 0.2) is 42.5 Å². The Balaban J connectivity index is 2.17. The average molecular weight is 522 g/mol. The molecule has 0 aliphatic heterocycles. The lowest BCUT2D eigenvalue weighted by atomic mass is 9.91. The van der Waals surface area contributed by atoms with E-state index in [1.54, 1.807) is 12.1 Å². The molecule has 3 aromatic rings. The molecule has 0 bridgehead atoms. The zero-order valence-electron chi connectivity index (χ0n) is 19.0. The van der Waals surface area contributed by atoms with Crippen LogP contribution in [0.4, 0.5) is 0 Å². The molecule has 1 unspecified atom stereocenters. The fourth-order valence-electron chi connectivity index (χ4n) is 3.98. The van der Waals surface area contributed by atoms with Crippen LogP contribution in [0.25, 0.3) is 10.9 Å². The van der Waals surface area contributed by atoms with Crippen molar-refractivity contribution in [1.29, 1.82) is 0 Å². The third-order valence-corrected chi connectivity index (χ3v) is 5.75. The maximum atomic E-state index is 13.4. The molecular weight excluding hydrogens is 502 g/mol. The predicted molar refractivity (Wildman–Crippen MR) is 124 cm³/mol. The van der Waals surface area contributed by atoms with Gasteiger partial charge < -0.3 is 19.5 Å². The topological polar surface area (TPSA) is 173 Å². The summed E-state index contributed by atoms with van der Waals surface area (Å²) in [6.07, 6.45) is -2.14. The molecule has 1 heterocycles. The number of benzene rings is 2. The minimum absolute atomic E-state index is 0.164. The molecule has 36 heavy (non-hydrogen) atoms. The molecule has 1 aromatic heterocycles. The monoisotopic (exact) mass is 521 g/mol. The first kappa shape index (κ1) is 26.2. The minimum Gasteiger partial charge on any atom is -0.497 e. The van der Waals surface area contributed by atoms with Crippen LogP contribution in [0.1, 0.15) is 34.0 Å². The molecule has 13 nitrogen and oxygen atoms in total. The van der Waals surface area contributed by atoms with Crippen molar-refractivity contribution in [2.75, 3.05) is 13.7 Å². The molecule has 0 aliphatic carbocycles. The second-order valence-corrected chi connectivity index (χ2v) is 8.06. The van der Waals surface area contributed by atoms with Crippen LogP contribution in [0.3, 0.4) is 0 Å². The number of carboxylic acid groups (broad SMARTS) is 1. The van der Waals surface area contributed by atoms with E-state index in [0.29, 0.717) is 21.7 Å². The van der Waals surface area contributed by atoms with E-state index >= 15 is 0 Å². The molecule has 0 saturated heterocycles. The van der Waals surface area contributed by atoms with Crippen molar-refractivity contribution < 1.29 is 39.3 Å². The number of hydrogen-bond donors (Lipinski definition) is 1. The molecule has 1 N–H and O–H groups in total. The Bertz CT molecular complexity index is 1320. The van der Waals surface area contributed by atoms with Crippen LogP contribution in [-0.4, -0.2) is 51.5 Å². The molecule has 14 heteroatoms. The smallest absolute Gasteiger partial charge is 0.311 e. The summed E-state index contributed by atoms with van der Waals surface area (Å²) in [6, 6.07) is 10.8. The van der Waals surface area contributed by atoms with Gasteiger partial charge in [0.25, 0.3) is 16.1 Å². The van der Waals surface area contributed by atoms with E-state index in [0.717, 1.165) is 0 Å². The van der Waals surface area contributed by atoms with Crippen molar-refractivity contribution in [3.8, 4) is 5.75 Å². The van der Waals surface area contributed by atoms with Gasteiger partial charge in [-0.25, -0.2) is 0 Å². The normalized spacial score (nSPS) is 12.5. The number of carboxylic acids is 1. The maximum Gasteiger partial charge on any atom is 0.311 e. The molecule has 0 fully saturated rings. The van der Waals surface area contributed by atoms with Crippen LogP contribution >= 0.6 is 11.6 Å². The van der Waals surface area contributed by atoms with Gasteiger partial charge in [-0.3, -0.25) is 14.2 Å². The Morgan fingerprint density at radius 3 is 2.33 bits per heavy atom. The van der Waals surface area contributed by atoms with Crippen molar-refractivity contribution >= 4 is 34.4 Å². The summed E-state index contributed by atoms with van der Waals surface area (Å²) >= 11 is 5.92. The van der Waals surface area contributed by atoms with Crippen LogP contribution in [0.5, 0.6) is 5.75 Å². The Morgan fingerprint density at radius 2 is 1.78 bits per heavy atom. The molecule has 0 amide bonds. The van der Waals surface area contributed by atoms with E-state index in [2.05, 4.69) is 9.68 Å². The number of carbonyl (C=O) groups excluding carboxylic acids is 1. The average Bonchev–Trinajstić information content (AvgIpc) is 3.10. The lowest BCUT2D eigenvalue weighted by Crippen LogP contribution is -2.29. The Hall–Kier alpha value is -4.39. The van der Waals surface area contributed by atoms with Crippen LogP contribution in [0, 0.1) is 27.2 Å². The number of aliphatic carboxylic acids is 1. The van der Waals surface area contributed by atoms with Crippen LogP contribution in [0.2, 0.25) is 5.02 Å². The summed E-state index contributed by atoms with van der Waals surface area (Å²) in [6.45, 7) is 0.658. The van der Waals surface area contributed by atoms with Gasteiger partial charge in [-0.05, 0) is 61.4 Å². The number of carbonyl (C=O) groups is 2. The van der Waals surface area contributed by atoms with E-state index in [4.69, 9.17) is 16.3 Å². The van der Waals surface area contributed by atoms with Gasteiger partial charge >= 0.3 is 5.97 Å². The highest BCUT2D eigenvalue weighted by atomic mass is 35.5. The third kappa shape index (κ3) is 5.63. The first-order chi connectivity index (χ1) is 17.0. The van der Waals surface area contributed by atoms with E-state index < -0.39 is 47.1 Å². The fourth-order valence-corrected chi connectivity index (χ4v) is 4.11. The molecule has 2 aromatic carbocycles. The number of ether oxygens (including phenoxy) is 1. The van der Waals surface area contributed by atoms with E-state index in [9.17, 15) is 34.9 Å². The van der Waals surface area contributed by atoms with Gasteiger partial charge in [0.15, 0.2) is 0 Å². The van der Waals surface area contributed by atoms with E-state index in [-0.39, 0.29) is 16.8 Å². The van der Waals surface area contributed by atoms with Crippen LogP contribution < -0.4 is 4.74 Å². The molecule has 2 atom stereocenters. The molecule has 0 spiro atoms. The Morgan fingerprint density at radius 1 is 1.11 bits per heavy atom. The van der Waals surface area contributed by atoms with Gasteiger partial charge in [0.1, 0.15) is 18.5 Å². The van der Waals surface area contributed by atoms with Gasteiger partial charge in [-0.2, -0.15) is 0 Å². The Labute approximate surface area is 207 Å². The number of aromatic nitrogens is 1. The third-order valence-electron chi connectivity index (χ3n) is 5.50.